The van der Waals surface area contributed by atoms with E-state index < -0.39 is 46.2 Å². The lowest BCUT2D eigenvalue weighted by atomic mass is 10.1. The molecule has 3 aromatic rings. The lowest BCUT2D eigenvalue weighted by molar-refractivity contribution is -0.143. The summed E-state index contributed by atoms with van der Waals surface area (Å²) >= 11 is 0. The first-order chi connectivity index (χ1) is 15.3. The summed E-state index contributed by atoms with van der Waals surface area (Å²) < 4.78 is 78.8. The van der Waals surface area contributed by atoms with Crippen LogP contribution < -0.4 is 15.7 Å². The molecule has 3 rings (SSSR count). The molecule has 1 heterocycles. The van der Waals surface area contributed by atoms with Gasteiger partial charge in [0.05, 0.1) is 11.1 Å². The number of aromatic nitrogens is 1. The Balaban J connectivity index is 1.86. The van der Waals surface area contributed by atoms with Gasteiger partial charge in [-0.15, -0.1) is 0 Å². The Kier molecular flexibility index (Phi) is 6.52. The van der Waals surface area contributed by atoms with E-state index in [0.29, 0.717) is 12.1 Å². The number of alkyl halides is 6. The van der Waals surface area contributed by atoms with E-state index in [1.54, 1.807) is 12.1 Å². The molecular formula is C22H16F6N2O3. The molecule has 33 heavy (non-hydrogen) atoms. The molecule has 2 aromatic carbocycles. The van der Waals surface area contributed by atoms with Crippen LogP contribution in [0.3, 0.4) is 0 Å². The molecule has 5 nitrogen and oxygen atoms in total. The van der Waals surface area contributed by atoms with Crippen LogP contribution in [-0.2, 0) is 19.0 Å². The number of nitrogens with one attached hydrogen (secondary N) is 1. The minimum absolute atomic E-state index is 0.0186. The van der Waals surface area contributed by atoms with Gasteiger partial charge >= 0.3 is 12.4 Å². The number of nitrogens with zero attached hydrogens (tertiary/aromatic N) is 1. The number of carbonyl (C=O) groups excluding carboxylic acids is 1. The highest BCUT2D eigenvalue weighted by atomic mass is 19.4. The predicted molar refractivity (Wildman–Crippen MR) is 107 cm³/mol. The van der Waals surface area contributed by atoms with Gasteiger partial charge in [-0.05, 0) is 42.8 Å². The number of amides is 1. The highest BCUT2D eigenvalue weighted by Gasteiger charge is 2.37. The van der Waals surface area contributed by atoms with E-state index in [1.165, 1.54) is 12.3 Å². The van der Waals surface area contributed by atoms with E-state index in [9.17, 15) is 35.9 Å². The molecule has 0 fully saturated rings. The van der Waals surface area contributed by atoms with E-state index in [0.717, 1.165) is 21.9 Å². The molecule has 0 saturated carbocycles. The third-order valence-corrected chi connectivity index (χ3v) is 4.46. The number of hydrogen-bond donors (Lipinski definition) is 1. The molecular weight excluding hydrogens is 454 g/mol. The van der Waals surface area contributed by atoms with Crippen molar-refractivity contribution in [2.45, 2.75) is 25.9 Å². The zero-order valence-corrected chi connectivity index (χ0v) is 16.9. The van der Waals surface area contributed by atoms with Crippen LogP contribution in [0.15, 0.2) is 65.6 Å². The van der Waals surface area contributed by atoms with Crippen LogP contribution in [0.2, 0.25) is 0 Å². The molecule has 0 aliphatic heterocycles. The van der Waals surface area contributed by atoms with Gasteiger partial charge in [0, 0.05) is 11.9 Å². The normalized spacial score (nSPS) is 11.8. The van der Waals surface area contributed by atoms with Gasteiger partial charge in [-0.1, -0.05) is 29.8 Å². The molecule has 174 valence electrons. The van der Waals surface area contributed by atoms with Crippen molar-refractivity contribution in [3.8, 4) is 0 Å². The van der Waals surface area contributed by atoms with Gasteiger partial charge in [0.25, 0.3) is 11.5 Å². The van der Waals surface area contributed by atoms with Crippen LogP contribution in [0.25, 0.3) is 0 Å². The number of halogens is 6. The Morgan fingerprint density at radius 2 is 1.58 bits per heavy atom. The number of hydrogen-bond acceptors (Lipinski definition) is 3. The first-order valence-corrected chi connectivity index (χ1v) is 9.36. The number of rotatable bonds is 5. The maximum atomic E-state index is 13.0. The Bertz CT molecular complexity index is 1200. The Hall–Kier alpha value is -3.76. The first kappa shape index (κ1) is 23.9. The quantitative estimate of drug-likeness (QED) is 0.530. The Morgan fingerprint density at radius 3 is 2.15 bits per heavy atom. The molecule has 1 amide bonds. The summed E-state index contributed by atoms with van der Waals surface area (Å²) in [5.74, 6) is -1.19. The van der Waals surface area contributed by atoms with Crippen molar-refractivity contribution in [1.29, 1.82) is 0 Å². The van der Waals surface area contributed by atoms with Crippen molar-refractivity contribution in [2.75, 3.05) is 5.32 Å². The van der Waals surface area contributed by atoms with Gasteiger partial charge in [0.2, 0.25) is 0 Å². The molecule has 0 radical (unpaired) electrons. The average molecular weight is 470 g/mol. The lowest BCUT2D eigenvalue weighted by Crippen LogP contribution is -2.32. The fraction of sp³-hybridized carbons (Fsp3) is 0.182. The number of anilines is 1. The number of benzene rings is 2. The van der Waals surface area contributed by atoms with Crippen LogP contribution in [0.5, 0.6) is 0 Å². The van der Waals surface area contributed by atoms with Gasteiger partial charge < -0.3 is 10.2 Å². The zero-order chi connectivity index (χ0) is 24.4. The Morgan fingerprint density at radius 1 is 0.939 bits per heavy atom. The van der Waals surface area contributed by atoms with Crippen molar-refractivity contribution in [2.24, 2.45) is 0 Å². The topological polar surface area (TPSA) is 60.3 Å². The van der Waals surface area contributed by atoms with Crippen molar-refractivity contribution in [1.82, 2.24) is 4.73 Å². The summed E-state index contributed by atoms with van der Waals surface area (Å²) in [4.78, 5) is 30.4. The van der Waals surface area contributed by atoms with E-state index in [-0.39, 0.29) is 12.7 Å². The molecule has 0 atom stereocenters. The average Bonchev–Trinajstić information content (AvgIpc) is 2.71. The zero-order valence-electron chi connectivity index (χ0n) is 16.9. The van der Waals surface area contributed by atoms with Gasteiger partial charge in [-0.2, -0.15) is 31.1 Å². The third kappa shape index (κ3) is 5.93. The minimum Gasteiger partial charge on any atom is -0.406 e. The summed E-state index contributed by atoms with van der Waals surface area (Å²) in [6, 6.07) is 10.2. The van der Waals surface area contributed by atoms with Crippen LogP contribution in [0.1, 0.15) is 32.6 Å². The van der Waals surface area contributed by atoms with Crippen LogP contribution in [-0.4, -0.2) is 10.6 Å². The summed E-state index contributed by atoms with van der Waals surface area (Å²) in [5.41, 5.74) is -3.74. The lowest BCUT2D eigenvalue weighted by Gasteiger charge is -2.15. The van der Waals surface area contributed by atoms with Crippen molar-refractivity contribution >= 4 is 11.6 Å². The number of aryl methyl sites for hydroxylation is 1. The molecule has 0 spiro atoms. The summed E-state index contributed by atoms with van der Waals surface area (Å²) in [6.45, 7) is 1.84. The van der Waals surface area contributed by atoms with Crippen LogP contribution in [0.4, 0.5) is 32.0 Å². The number of pyridine rings is 1. The maximum Gasteiger partial charge on any atom is 0.416 e. The molecule has 0 bridgehead atoms. The minimum atomic E-state index is -5.08. The molecule has 0 aliphatic rings. The van der Waals surface area contributed by atoms with Gasteiger partial charge in [-0.25, -0.2) is 0 Å². The van der Waals surface area contributed by atoms with E-state index in [1.807, 2.05) is 24.4 Å². The van der Waals surface area contributed by atoms with E-state index in [2.05, 4.69) is 0 Å². The summed E-state index contributed by atoms with van der Waals surface area (Å²) in [5, 5.41) is 1.92. The standard InChI is InChI=1S/C22H16F6N2O3/c1-13-4-2-5-14(8-13)12-33-30-7-3-6-18(20(30)32)19(31)29-17-10-15(21(23,24)25)9-16(11-17)22(26,27)28/h2-11H,12H2,1H3,(H,29,31). The van der Waals surface area contributed by atoms with Gasteiger partial charge in [0.1, 0.15) is 12.2 Å². The second-order valence-electron chi connectivity index (χ2n) is 7.06. The predicted octanol–water partition coefficient (Wildman–Crippen LogP) is 5.08. The van der Waals surface area contributed by atoms with Crippen LogP contribution in [0, 0.1) is 6.92 Å². The smallest absolute Gasteiger partial charge is 0.406 e. The molecule has 11 heteroatoms. The monoisotopic (exact) mass is 470 g/mol. The second kappa shape index (κ2) is 9.00. The van der Waals surface area contributed by atoms with Gasteiger partial charge in [-0.3, -0.25) is 9.59 Å². The fourth-order valence-electron chi connectivity index (χ4n) is 2.92. The van der Waals surface area contributed by atoms with Gasteiger partial charge in [0.15, 0.2) is 0 Å². The SMILES string of the molecule is Cc1cccc(COn2cccc(C(=O)Nc3cc(C(F)(F)F)cc(C(F)(F)F)c3)c2=O)c1. The molecule has 0 saturated heterocycles. The highest BCUT2D eigenvalue weighted by molar-refractivity contribution is 6.04. The largest absolute Gasteiger partial charge is 0.416 e. The number of carbonyl (C=O) groups is 1. The molecule has 1 aromatic heterocycles. The molecule has 0 unspecified atom stereocenters. The van der Waals surface area contributed by atoms with Crippen molar-refractivity contribution in [3.05, 3.63) is 99.0 Å². The maximum absolute atomic E-state index is 13.0. The second-order valence-corrected chi connectivity index (χ2v) is 7.06. The molecule has 0 aliphatic carbocycles. The molecule has 1 N–H and O–H groups in total. The van der Waals surface area contributed by atoms with E-state index >= 15 is 0 Å². The van der Waals surface area contributed by atoms with E-state index in [4.69, 9.17) is 4.84 Å². The van der Waals surface area contributed by atoms with Crippen molar-refractivity contribution in [3.63, 3.8) is 0 Å². The summed E-state index contributed by atoms with van der Waals surface area (Å²) in [6.07, 6.45) is -8.94. The highest BCUT2D eigenvalue weighted by Crippen LogP contribution is 2.37. The van der Waals surface area contributed by atoms with Crippen LogP contribution >= 0.6 is 0 Å². The summed E-state index contributed by atoms with van der Waals surface area (Å²) in [7, 11) is 0. The fourth-order valence-corrected chi connectivity index (χ4v) is 2.92. The van der Waals surface area contributed by atoms with Crippen molar-refractivity contribution < 1.29 is 36.0 Å². The third-order valence-electron chi connectivity index (χ3n) is 4.46. The first-order valence-electron chi connectivity index (χ1n) is 9.36. The Labute approximate surface area is 183 Å².